The van der Waals surface area contributed by atoms with Crippen molar-refractivity contribution in [2.24, 2.45) is 5.11 Å². The second kappa shape index (κ2) is 4.40. The van der Waals surface area contributed by atoms with Gasteiger partial charge in [-0.25, -0.2) is 0 Å². The van der Waals surface area contributed by atoms with Crippen molar-refractivity contribution in [2.45, 2.75) is 24.4 Å². The molecule has 1 saturated heterocycles. The molecule has 0 spiro atoms. The zero-order valence-corrected chi connectivity index (χ0v) is 6.69. The third kappa shape index (κ3) is 2.09. The molecule has 73 valence electrons. The summed E-state index contributed by atoms with van der Waals surface area (Å²) < 4.78 is 4.83. The van der Waals surface area contributed by atoms with E-state index in [1.807, 2.05) is 0 Å². The normalized spacial score (nSPS) is 39.6. The summed E-state index contributed by atoms with van der Waals surface area (Å²) in [5.74, 6) is 0. The van der Waals surface area contributed by atoms with Crippen LogP contribution < -0.4 is 0 Å². The number of hydrogen-bond donors (Lipinski definition) is 3. The molecule has 0 aromatic heterocycles. The topological polar surface area (TPSA) is 119 Å². The molecule has 13 heavy (non-hydrogen) atoms. The summed E-state index contributed by atoms with van der Waals surface area (Å²) in [5.41, 5.74) is 8.09. The summed E-state index contributed by atoms with van der Waals surface area (Å²) in [6.45, 7) is 0.704. The molecule has 1 radical (unpaired) electrons. The van der Waals surface area contributed by atoms with Crippen LogP contribution in [0.2, 0.25) is 0 Å². The summed E-state index contributed by atoms with van der Waals surface area (Å²) in [7, 11) is 0. The summed E-state index contributed by atoms with van der Waals surface area (Å²) in [6, 6.07) is -0.914. The minimum atomic E-state index is -1.24. The zero-order chi connectivity index (χ0) is 9.84. The Morgan fingerprint density at radius 2 is 2.15 bits per heavy atom. The lowest BCUT2D eigenvalue weighted by Gasteiger charge is -2.34. The first kappa shape index (κ1) is 10.2. The lowest BCUT2D eigenvalue weighted by Crippen LogP contribution is -2.51. The van der Waals surface area contributed by atoms with Crippen molar-refractivity contribution in [1.82, 2.24) is 0 Å². The summed E-state index contributed by atoms with van der Waals surface area (Å²) in [5, 5.41) is 30.5. The Morgan fingerprint density at radius 1 is 1.46 bits per heavy atom. The lowest BCUT2D eigenvalue weighted by atomic mass is 9.99. The van der Waals surface area contributed by atoms with E-state index >= 15 is 0 Å². The first-order valence-corrected chi connectivity index (χ1v) is 3.70. The average molecular weight is 188 g/mol. The first-order chi connectivity index (χ1) is 6.20. The second-order valence-corrected chi connectivity index (χ2v) is 2.67. The van der Waals surface area contributed by atoms with Crippen LogP contribution in [0, 0.1) is 6.61 Å². The lowest BCUT2D eigenvalue weighted by molar-refractivity contribution is -0.132. The Morgan fingerprint density at radius 3 is 2.69 bits per heavy atom. The van der Waals surface area contributed by atoms with E-state index < -0.39 is 31.0 Å². The van der Waals surface area contributed by atoms with Crippen LogP contribution in [0.3, 0.4) is 0 Å². The SMILES string of the molecule is [N-]=[N+]=N[C@@H]1[CH]O[C@H](CO)[C@@H](O)[C@@H]1O. The standard InChI is InChI=1S/C6H10N3O4/c7-9-8-3-2-13-4(1-10)6(12)5(3)11/h2-6,10-12H,1H2/t3-,4-,5-,6-/m1/s1. The number of rotatable bonds is 2. The van der Waals surface area contributed by atoms with Crippen molar-refractivity contribution < 1.29 is 20.1 Å². The predicted octanol–water partition coefficient (Wildman–Crippen LogP) is -1.06. The molecular formula is C6H10N3O4. The van der Waals surface area contributed by atoms with E-state index in [1.165, 1.54) is 0 Å². The van der Waals surface area contributed by atoms with Crippen LogP contribution in [0.1, 0.15) is 0 Å². The van der Waals surface area contributed by atoms with Gasteiger partial charge in [0.25, 0.3) is 0 Å². The molecule has 4 atom stereocenters. The van der Waals surface area contributed by atoms with Crippen molar-refractivity contribution >= 4 is 0 Å². The van der Waals surface area contributed by atoms with E-state index in [1.54, 1.807) is 0 Å². The van der Waals surface area contributed by atoms with Gasteiger partial charge in [-0.05, 0) is 5.53 Å². The molecule has 0 unspecified atom stereocenters. The molecule has 1 heterocycles. The van der Waals surface area contributed by atoms with Crippen molar-refractivity contribution in [3.8, 4) is 0 Å². The quantitative estimate of drug-likeness (QED) is 0.290. The third-order valence-corrected chi connectivity index (χ3v) is 1.84. The predicted molar refractivity (Wildman–Crippen MR) is 41.2 cm³/mol. The fourth-order valence-corrected chi connectivity index (χ4v) is 1.07. The van der Waals surface area contributed by atoms with Crippen molar-refractivity contribution in [3.05, 3.63) is 17.0 Å². The molecule has 7 nitrogen and oxygen atoms in total. The number of nitrogens with zero attached hydrogens (tertiary/aromatic N) is 3. The molecule has 0 aromatic rings. The second-order valence-electron chi connectivity index (χ2n) is 2.67. The summed E-state index contributed by atoms with van der Waals surface area (Å²) >= 11 is 0. The number of azide groups is 1. The van der Waals surface area contributed by atoms with Gasteiger partial charge in [-0.3, -0.25) is 0 Å². The maximum absolute atomic E-state index is 9.33. The molecule has 3 N–H and O–H groups in total. The summed E-state index contributed by atoms with van der Waals surface area (Å²) in [6.07, 6.45) is -3.34. The highest BCUT2D eigenvalue weighted by Gasteiger charge is 2.37. The highest BCUT2D eigenvalue weighted by molar-refractivity contribution is 4.96. The van der Waals surface area contributed by atoms with Crippen LogP contribution >= 0.6 is 0 Å². The van der Waals surface area contributed by atoms with E-state index in [2.05, 4.69) is 10.0 Å². The van der Waals surface area contributed by atoms with E-state index in [9.17, 15) is 10.2 Å². The molecule has 1 fully saturated rings. The molecule has 1 rings (SSSR count). The third-order valence-electron chi connectivity index (χ3n) is 1.84. The van der Waals surface area contributed by atoms with Crippen LogP contribution in [0.4, 0.5) is 0 Å². The number of ether oxygens (including phenoxy) is 1. The van der Waals surface area contributed by atoms with Crippen LogP contribution in [-0.2, 0) is 4.74 Å². The molecule has 0 saturated carbocycles. The van der Waals surface area contributed by atoms with E-state index in [4.69, 9.17) is 15.4 Å². The maximum Gasteiger partial charge on any atom is 0.109 e. The van der Waals surface area contributed by atoms with Gasteiger partial charge in [0.05, 0.1) is 25.4 Å². The Kier molecular flexibility index (Phi) is 3.47. The van der Waals surface area contributed by atoms with Gasteiger partial charge in [0, 0.05) is 4.91 Å². The minimum Gasteiger partial charge on any atom is -0.394 e. The van der Waals surface area contributed by atoms with Crippen molar-refractivity contribution in [1.29, 1.82) is 0 Å². The van der Waals surface area contributed by atoms with Crippen LogP contribution in [0.5, 0.6) is 0 Å². The highest BCUT2D eigenvalue weighted by atomic mass is 16.5. The van der Waals surface area contributed by atoms with Gasteiger partial charge < -0.3 is 20.1 Å². The fourth-order valence-electron chi connectivity index (χ4n) is 1.07. The highest BCUT2D eigenvalue weighted by Crippen LogP contribution is 2.20. The molecule has 1 aliphatic rings. The molecule has 0 bridgehead atoms. The molecule has 0 aliphatic carbocycles. The van der Waals surface area contributed by atoms with Crippen LogP contribution in [-0.4, -0.2) is 46.3 Å². The van der Waals surface area contributed by atoms with Gasteiger partial charge in [-0.2, -0.15) is 0 Å². The van der Waals surface area contributed by atoms with E-state index in [0.29, 0.717) is 0 Å². The Labute approximate surface area is 74.2 Å². The largest absolute Gasteiger partial charge is 0.394 e. The van der Waals surface area contributed by atoms with Gasteiger partial charge in [-0.1, -0.05) is 5.11 Å². The van der Waals surface area contributed by atoms with Crippen molar-refractivity contribution in [2.75, 3.05) is 6.61 Å². The number of aliphatic hydroxyl groups excluding tert-OH is 3. The minimum absolute atomic E-state index is 0.405. The fraction of sp³-hybridized carbons (Fsp3) is 0.833. The molecule has 0 amide bonds. The van der Waals surface area contributed by atoms with Gasteiger partial charge in [0.15, 0.2) is 0 Å². The van der Waals surface area contributed by atoms with Gasteiger partial charge in [0.2, 0.25) is 0 Å². The molecule has 0 aromatic carbocycles. The van der Waals surface area contributed by atoms with Gasteiger partial charge in [0.1, 0.15) is 12.2 Å². The Hall–Kier alpha value is -0.850. The maximum atomic E-state index is 9.33. The summed E-state index contributed by atoms with van der Waals surface area (Å²) in [4.78, 5) is 2.48. The molecule has 7 heteroatoms. The van der Waals surface area contributed by atoms with Gasteiger partial charge in [-0.15, -0.1) is 0 Å². The zero-order valence-electron chi connectivity index (χ0n) is 6.69. The Bertz CT molecular complexity index is 218. The molecule has 1 aliphatic heterocycles. The van der Waals surface area contributed by atoms with Gasteiger partial charge >= 0.3 is 0 Å². The Balaban J connectivity index is 2.63. The van der Waals surface area contributed by atoms with E-state index in [0.717, 1.165) is 6.61 Å². The van der Waals surface area contributed by atoms with E-state index in [-0.39, 0.29) is 0 Å². The smallest absolute Gasteiger partial charge is 0.109 e. The monoisotopic (exact) mass is 188 g/mol. The average Bonchev–Trinajstić information content (AvgIpc) is 2.14. The molecular weight excluding hydrogens is 178 g/mol. The first-order valence-electron chi connectivity index (χ1n) is 3.70. The van der Waals surface area contributed by atoms with Crippen LogP contribution in [0.15, 0.2) is 5.11 Å². The van der Waals surface area contributed by atoms with Crippen LogP contribution in [0.25, 0.3) is 10.4 Å². The van der Waals surface area contributed by atoms with Crippen molar-refractivity contribution in [3.63, 3.8) is 0 Å². The number of aliphatic hydroxyl groups is 3. The number of hydrogen-bond acceptors (Lipinski definition) is 5.